The van der Waals surface area contributed by atoms with Gasteiger partial charge in [-0.2, -0.15) is 5.10 Å². The molecule has 0 saturated heterocycles. The third-order valence-corrected chi connectivity index (χ3v) is 7.03. The number of phenols is 1. The van der Waals surface area contributed by atoms with Gasteiger partial charge in [0.1, 0.15) is 17.5 Å². The zero-order chi connectivity index (χ0) is 24.7. The fraction of sp³-hybridized carbons (Fsp3) is 0.0870. The van der Waals surface area contributed by atoms with E-state index in [9.17, 15) is 17.9 Å². The highest BCUT2D eigenvalue weighted by Gasteiger charge is 2.22. The van der Waals surface area contributed by atoms with E-state index in [1.165, 1.54) is 27.4 Å². The number of nitrogens with two attached hydrogens (primary N) is 1. The van der Waals surface area contributed by atoms with E-state index in [0.29, 0.717) is 33.4 Å². The van der Waals surface area contributed by atoms with Gasteiger partial charge in [0.25, 0.3) is 10.0 Å². The van der Waals surface area contributed by atoms with Gasteiger partial charge in [-0.1, -0.05) is 24.8 Å². The third-order valence-electron chi connectivity index (χ3n) is 5.60. The highest BCUT2D eigenvalue weighted by atomic mass is 32.2. The number of benzene rings is 2. The van der Waals surface area contributed by atoms with Crippen LogP contribution in [-0.2, 0) is 16.6 Å². The number of aromatic nitrogens is 5. The molecule has 0 aliphatic carbocycles. The van der Waals surface area contributed by atoms with Crippen LogP contribution in [0.1, 0.15) is 0 Å². The fourth-order valence-corrected chi connectivity index (χ4v) is 4.87. The van der Waals surface area contributed by atoms with Gasteiger partial charge in [-0.15, -0.1) is 0 Å². The maximum absolute atomic E-state index is 14.1. The molecule has 3 heterocycles. The Kier molecular flexibility index (Phi) is 5.36. The monoisotopic (exact) mass is 493 g/mol. The molecule has 0 atom stereocenters. The molecule has 35 heavy (non-hydrogen) atoms. The molecule has 0 amide bonds. The Labute approximate surface area is 199 Å². The van der Waals surface area contributed by atoms with Crippen molar-refractivity contribution < 1.29 is 17.9 Å². The number of phenolic OH excluding ortho intramolecular Hbond substituents is 1. The second-order valence-electron chi connectivity index (χ2n) is 7.67. The molecule has 3 N–H and O–H groups in total. The summed E-state index contributed by atoms with van der Waals surface area (Å²) in [6.45, 7) is 3.60. The summed E-state index contributed by atoms with van der Waals surface area (Å²) in [5.74, 6) is -0.733. The van der Waals surface area contributed by atoms with Crippen LogP contribution in [0.3, 0.4) is 0 Å². The Hall–Kier alpha value is -4.45. The maximum Gasteiger partial charge on any atom is 0.256 e. The lowest BCUT2D eigenvalue weighted by Gasteiger charge is -2.22. The first-order valence-corrected chi connectivity index (χ1v) is 12.0. The van der Waals surface area contributed by atoms with E-state index in [0.717, 1.165) is 5.41 Å². The fourth-order valence-electron chi connectivity index (χ4n) is 3.94. The molecule has 2 aromatic carbocycles. The zero-order valence-electron chi connectivity index (χ0n) is 18.3. The summed E-state index contributed by atoms with van der Waals surface area (Å²) < 4.78 is 43.9. The molecule has 3 aromatic heterocycles. The molecule has 0 spiro atoms. The summed E-state index contributed by atoms with van der Waals surface area (Å²) in [7, 11) is -3.79. The van der Waals surface area contributed by atoms with E-state index in [-0.39, 0.29) is 18.9 Å². The van der Waals surface area contributed by atoms with E-state index in [1.54, 1.807) is 47.2 Å². The van der Waals surface area contributed by atoms with E-state index < -0.39 is 21.6 Å². The van der Waals surface area contributed by atoms with Crippen molar-refractivity contribution in [2.24, 2.45) is 0 Å². The molecule has 10 nitrogen and oxygen atoms in total. The topological polar surface area (TPSA) is 132 Å². The standard InChI is InChI=1S/C23H20FN7O3S/c1-2-35(33,34)31(16-6-4-3-5-7-16)11-10-30-22-20(21(25)26-14-27-22)23(28-30)29-9-8-15-12-19(32)17(24)13-18(15)29/h2-9,12-14,32H,1,10-11H2,(H2,25,26,27). The minimum atomic E-state index is -3.79. The van der Waals surface area contributed by atoms with E-state index in [1.807, 2.05) is 0 Å². The zero-order valence-corrected chi connectivity index (χ0v) is 19.1. The van der Waals surface area contributed by atoms with Gasteiger partial charge < -0.3 is 10.8 Å². The first-order valence-electron chi connectivity index (χ1n) is 10.5. The van der Waals surface area contributed by atoms with Crippen molar-refractivity contribution in [2.75, 3.05) is 16.6 Å². The molecule has 5 aromatic rings. The third kappa shape index (κ3) is 3.83. The predicted octanol–water partition coefficient (Wildman–Crippen LogP) is 3.18. The van der Waals surface area contributed by atoms with Gasteiger partial charge in [0.2, 0.25) is 0 Å². The van der Waals surface area contributed by atoms with Gasteiger partial charge in [-0.3, -0.25) is 8.87 Å². The van der Waals surface area contributed by atoms with Crippen molar-refractivity contribution in [2.45, 2.75) is 6.54 Å². The summed E-state index contributed by atoms with van der Waals surface area (Å²) in [5.41, 5.74) is 7.48. The van der Waals surface area contributed by atoms with Crippen LogP contribution < -0.4 is 10.0 Å². The van der Waals surface area contributed by atoms with Crippen LogP contribution in [0.4, 0.5) is 15.9 Å². The molecule has 0 unspecified atom stereocenters. The Morgan fingerprint density at radius 1 is 1.17 bits per heavy atom. The van der Waals surface area contributed by atoms with Crippen molar-refractivity contribution in [3.05, 3.63) is 78.9 Å². The molecule has 0 bridgehead atoms. The number of hydrogen-bond acceptors (Lipinski definition) is 7. The van der Waals surface area contributed by atoms with Crippen molar-refractivity contribution >= 4 is 43.5 Å². The highest BCUT2D eigenvalue weighted by molar-refractivity contribution is 7.95. The van der Waals surface area contributed by atoms with E-state index in [4.69, 9.17) is 5.73 Å². The maximum atomic E-state index is 14.1. The highest BCUT2D eigenvalue weighted by Crippen LogP contribution is 2.31. The Morgan fingerprint density at radius 2 is 1.94 bits per heavy atom. The number of para-hydroxylation sites is 1. The number of nitrogen functional groups attached to an aromatic ring is 1. The van der Waals surface area contributed by atoms with Crippen LogP contribution >= 0.6 is 0 Å². The second-order valence-corrected chi connectivity index (χ2v) is 9.48. The van der Waals surface area contributed by atoms with Crippen LogP contribution in [0.2, 0.25) is 0 Å². The normalized spacial score (nSPS) is 11.8. The molecule has 5 rings (SSSR count). The smallest absolute Gasteiger partial charge is 0.256 e. The molecular weight excluding hydrogens is 473 g/mol. The van der Waals surface area contributed by atoms with Crippen LogP contribution in [0.15, 0.2) is 73.0 Å². The molecular formula is C23H20FN7O3S. The molecule has 0 aliphatic heterocycles. The first kappa shape index (κ1) is 22.3. The SMILES string of the molecule is C=CS(=O)(=O)N(CCn1nc(-n2ccc3cc(O)c(F)cc32)c2c(N)ncnc21)c1ccccc1. The lowest BCUT2D eigenvalue weighted by molar-refractivity contribution is 0.433. The Balaban J connectivity index is 1.61. The van der Waals surface area contributed by atoms with Crippen molar-refractivity contribution in [1.29, 1.82) is 0 Å². The molecule has 0 radical (unpaired) electrons. The van der Waals surface area contributed by atoms with Crippen molar-refractivity contribution in [3.8, 4) is 11.6 Å². The summed E-state index contributed by atoms with van der Waals surface area (Å²) in [6, 6.07) is 12.9. The molecule has 12 heteroatoms. The van der Waals surface area contributed by atoms with Crippen molar-refractivity contribution in [1.82, 2.24) is 24.3 Å². The van der Waals surface area contributed by atoms with E-state index in [2.05, 4.69) is 21.6 Å². The van der Waals surface area contributed by atoms with Crippen LogP contribution in [0.25, 0.3) is 27.8 Å². The average molecular weight is 494 g/mol. The minimum absolute atomic E-state index is 0.0351. The number of aromatic hydroxyl groups is 1. The lowest BCUT2D eigenvalue weighted by Crippen LogP contribution is -2.32. The second kappa shape index (κ2) is 8.40. The van der Waals surface area contributed by atoms with E-state index >= 15 is 0 Å². The van der Waals surface area contributed by atoms with Gasteiger partial charge in [0, 0.05) is 23.1 Å². The lowest BCUT2D eigenvalue weighted by atomic mass is 10.2. The first-order chi connectivity index (χ1) is 16.8. The van der Waals surface area contributed by atoms with Crippen LogP contribution in [-0.4, -0.2) is 44.4 Å². The quantitative estimate of drug-likeness (QED) is 0.356. The average Bonchev–Trinajstić information content (AvgIpc) is 3.42. The van der Waals surface area contributed by atoms with Gasteiger partial charge in [0.05, 0.1) is 24.3 Å². The Morgan fingerprint density at radius 3 is 2.69 bits per heavy atom. The summed E-state index contributed by atoms with van der Waals surface area (Å²) in [6.07, 6.45) is 2.96. The number of anilines is 2. The molecule has 0 aliphatic rings. The van der Waals surface area contributed by atoms with Crippen LogP contribution in [0.5, 0.6) is 5.75 Å². The number of rotatable bonds is 7. The number of nitrogens with zero attached hydrogens (tertiary/aromatic N) is 6. The van der Waals surface area contributed by atoms with Gasteiger partial charge in [-0.25, -0.2) is 27.5 Å². The summed E-state index contributed by atoms with van der Waals surface area (Å²) in [5, 5.41) is 16.3. The van der Waals surface area contributed by atoms with Gasteiger partial charge in [-0.05, 0) is 24.3 Å². The van der Waals surface area contributed by atoms with Crippen LogP contribution in [0, 0.1) is 5.82 Å². The number of fused-ring (bicyclic) bond motifs is 2. The molecule has 0 saturated carbocycles. The molecule has 178 valence electrons. The number of hydrogen-bond donors (Lipinski definition) is 2. The van der Waals surface area contributed by atoms with Gasteiger partial charge in [0.15, 0.2) is 23.0 Å². The predicted molar refractivity (Wildman–Crippen MR) is 131 cm³/mol. The largest absolute Gasteiger partial charge is 0.505 e. The van der Waals surface area contributed by atoms with Crippen molar-refractivity contribution in [3.63, 3.8) is 0 Å². The minimum Gasteiger partial charge on any atom is -0.505 e. The summed E-state index contributed by atoms with van der Waals surface area (Å²) in [4.78, 5) is 8.38. The van der Waals surface area contributed by atoms with Gasteiger partial charge >= 0.3 is 0 Å². The summed E-state index contributed by atoms with van der Waals surface area (Å²) >= 11 is 0. The molecule has 0 fully saturated rings. The number of halogens is 1. The Bertz CT molecular complexity index is 1680. The number of sulfonamides is 1.